The van der Waals surface area contributed by atoms with E-state index in [9.17, 15) is 18.0 Å². The van der Waals surface area contributed by atoms with Crippen LogP contribution in [0.15, 0.2) is 42.7 Å². The second kappa shape index (κ2) is 10.8. The highest BCUT2D eigenvalue weighted by atomic mass is 35.5. The van der Waals surface area contributed by atoms with Crippen molar-refractivity contribution in [2.24, 2.45) is 0 Å². The van der Waals surface area contributed by atoms with E-state index >= 15 is 0 Å². The second-order valence-electron chi connectivity index (χ2n) is 8.79. The monoisotopic (exact) mass is 546 g/mol. The molecule has 2 atom stereocenters. The molecular formula is C24H27ClN6O5S. The number of pyridine rings is 2. The largest absolute Gasteiger partial charge is 0.467 e. The van der Waals surface area contributed by atoms with Crippen molar-refractivity contribution in [1.82, 2.24) is 14.9 Å². The van der Waals surface area contributed by atoms with E-state index in [1.165, 1.54) is 18.2 Å². The Kier molecular flexibility index (Phi) is 7.69. The smallest absolute Gasteiger partial charge is 0.328 e. The van der Waals surface area contributed by atoms with Gasteiger partial charge >= 0.3 is 5.97 Å². The molecule has 4 rings (SSSR count). The highest BCUT2D eigenvalue weighted by Gasteiger charge is 2.43. The summed E-state index contributed by atoms with van der Waals surface area (Å²) in [6.07, 6.45) is 3.24. The molecule has 1 aromatic carbocycles. The van der Waals surface area contributed by atoms with Crippen LogP contribution in [0, 0.1) is 0 Å². The molecule has 1 fully saturated rings. The van der Waals surface area contributed by atoms with Crippen LogP contribution in [0.25, 0.3) is 10.8 Å². The number of aromatic nitrogens is 2. The number of nitrogen functional groups attached to an aromatic ring is 1. The van der Waals surface area contributed by atoms with Crippen LogP contribution in [0.3, 0.4) is 0 Å². The molecule has 2 aromatic heterocycles. The number of carbonyl (C=O) groups excluding carboxylic acids is 2. The molecule has 11 nitrogen and oxygen atoms in total. The van der Waals surface area contributed by atoms with Crippen molar-refractivity contribution in [3.05, 3.63) is 53.3 Å². The Hall–Kier alpha value is -3.64. The topological polar surface area (TPSA) is 139 Å². The van der Waals surface area contributed by atoms with E-state index in [1.54, 1.807) is 41.4 Å². The summed E-state index contributed by atoms with van der Waals surface area (Å²) in [7, 11) is 1.70. The molecule has 2 N–H and O–H groups in total. The number of carbonyl (C=O) groups is 2. The van der Waals surface area contributed by atoms with Gasteiger partial charge in [0.25, 0.3) is 0 Å². The van der Waals surface area contributed by atoms with Crippen LogP contribution >= 0.6 is 11.6 Å². The maximum Gasteiger partial charge on any atom is 0.328 e. The third kappa shape index (κ3) is 5.25. The zero-order valence-corrected chi connectivity index (χ0v) is 22.1. The predicted octanol–water partition coefficient (Wildman–Crippen LogP) is 1.65. The Labute approximate surface area is 220 Å². The maximum atomic E-state index is 13.5. The number of likely N-dealkylation sites (tertiary alicyclic amines) is 1. The Balaban J connectivity index is 1.63. The number of nitrogens with two attached hydrogens (primary N) is 1. The van der Waals surface area contributed by atoms with Gasteiger partial charge in [-0.3, -0.25) is 9.10 Å². The lowest BCUT2D eigenvalue weighted by Gasteiger charge is -2.28. The molecule has 0 radical (unpaired) electrons. The van der Waals surface area contributed by atoms with Gasteiger partial charge in [-0.25, -0.2) is 23.2 Å². The standard InChI is InChI=1S/C24H27ClN6O5S/c1-29(2)21-5-4-16(13-28-21)31(37(34)35)19-7-9-30(23(19)32)20(24(33)36-3)11-15-10-14-6-8-27-22(26)17(14)12-18(15)25/h4-6,8,10,12-13,19-20,37H,7,9,11H2,1-3H3,(H2,26,27)/t19-,20+/m0/s1. The van der Waals surface area contributed by atoms with Gasteiger partial charge in [-0.15, -0.1) is 0 Å². The Bertz CT molecular complexity index is 1410. The van der Waals surface area contributed by atoms with Crippen LogP contribution in [0.1, 0.15) is 12.0 Å². The number of fused-ring (bicyclic) bond motifs is 1. The van der Waals surface area contributed by atoms with Crippen LogP contribution in [0.2, 0.25) is 5.02 Å². The van der Waals surface area contributed by atoms with E-state index in [2.05, 4.69) is 9.97 Å². The summed E-state index contributed by atoms with van der Waals surface area (Å²) in [6.45, 7) is 0.161. The highest BCUT2D eigenvalue weighted by Crippen LogP contribution is 2.31. The summed E-state index contributed by atoms with van der Waals surface area (Å²) in [5.41, 5.74) is 6.82. The van der Waals surface area contributed by atoms with Gasteiger partial charge in [-0.05, 0) is 47.7 Å². The fourth-order valence-corrected chi connectivity index (χ4v) is 5.46. The average Bonchev–Trinajstić information content (AvgIpc) is 3.23. The van der Waals surface area contributed by atoms with E-state index in [0.717, 1.165) is 9.69 Å². The molecule has 0 bridgehead atoms. The van der Waals surface area contributed by atoms with Crippen LogP contribution in [-0.4, -0.2) is 75.0 Å². The van der Waals surface area contributed by atoms with Gasteiger partial charge in [0.05, 0.1) is 19.0 Å². The SMILES string of the molecule is COC(=O)[C@@H](Cc1cc2ccnc(N)c2cc1Cl)N1CC[C@H](N(c2ccc(N(C)C)nc2)[SH](=O)=O)C1=O. The molecule has 196 valence electrons. The minimum absolute atomic E-state index is 0.0741. The average molecular weight is 547 g/mol. The van der Waals surface area contributed by atoms with Crippen molar-refractivity contribution < 1.29 is 22.7 Å². The molecule has 0 saturated carbocycles. The summed E-state index contributed by atoms with van der Waals surface area (Å²) >= 11 is 6.51. The second-order valence-corrected chi connectivity index (χ2v) is 10.1. The number of anilines is 3. The van der Waals surface area contributed by atoms with E-state index in [-0.39, 0.29) is 25.1 Å². The summed E-state index contributed by atoms with van der Waals surface area (Å²) in [4.78, 5) is 37.8. The van der Waals surface area contributed by atoms with Gasteiger partial charge in [0.15, 0.2) is 0 Å². The van der Waals surface area contributed by atoms with Crippen molar-refractivity contribution in [3.63, 3.8) is 0 Å². The number of nitrogens with zero attached hydrogens (tertiary/aromatic N) is 5. The fraction of sp³-hybridized carbons (Fsp3) is 0.333. The van der Waals surface area contributed by atoms with Gasteiger partial charge in [0.2, 0.25) is 16.8 Å². The summed E-state index contributed by atoms with van der Waals surface area (Å²) in [5, 5.41) is 1.82. The summed E-state index contributed by atoms with van der Waals surface area (Å²) in [6, 6.07) is 6.48. The molecule has 1 aliphatic rings. The summed E-state index contributed by atoms with van der Waals surface area (Å²) < 4.78 is 30.5. The van der Waals surface area contributed by atoms with E-state index in [1.807, 2.05) is 14.1 Å². The molecule has 1 saturated heterocycles. The first-order chi connectivity index (χ1) is 17.6. The minimum Gasteiger partial charge on any atom is -0.467 e. The maximum absolute atomic E-state index is 13.5. The fourth-order valence-electron chi connectivity index (χ4n) is 4.47. The lowest BCUT2D eigenvalue weighted by Crippen LogP contribution is -2.48. The number of hydrogen-bond donors (Lipinski definition) is 2. The molecule has 1 aliphatic heterocycles. The molecule has 0 unspecified atom stereocenters. The number of amides is 1. The molecule has 3 heterocycles. The molecular weight excluding hydrogens is 520 g/mol. The minimum atomic E-state index is -3.16. The van der Waals surface area contributed by atoms with Crippen LogP contribution in [0.4, 0.5) is 17.3 Å². The third-order valence-corrected chi connectivity index (χ3v) is 7.58. The lowest BCUT2D eigenvalue weighted by atomic mass is 10.0. The van der Waals surface area contributed by atoms with Crippen LogP contribution < -0.4 is 14.9 Å². The third-order valence-electron chi connectivity index (χ3n) is 6.36. The molecule has 0 aliphatic carbocycles. The number of hydrogen-bond acceptors (Lipinski definition) is 9. The van der Waals surface area contributed by atoms with Gasteiger partial charge in [0.1, 0.15) is 23.7 Å². The predicted molar refractivity (Wildman–Crippen MR) is 142 cm³/mol. The lowest BCUT2D eigenvalue weighted by molar-refractivity contribution is -0.151. The number of ether oxygens (including phenoxy) is 1. The van der Waals surface area contributed by atoms with Gasteiger partial charge in [0, 0.05) is 43.7 Å². The summed E-state index contributed by atoms with van der Waals surface area (Å²) in [5.74, 6) is -0.168. The van der Waals surface area contributed by atoms with Crippen LogP contribution in [-0.2, 0) is 31.6 Å². The number of esters is 1. The number of rotatable bonds is 8. The van der Waals surface area contributed by atoms with Gasteiger partial charge in [-0.2, -0.15) is 0 Å². The highest BCUT2D eigenvalue weighted by molar-refractivity contribution is 7.74. The van der Waals surface area contributed by atoms with Gasteiger partial charge in [-0.1, -0.05) is 11.6 Å². The van der Waals surface area contributed by atoms with Crippen molar-refractivity contribution in [2.75, 3.05) is 42.7 Å². The van der Waals surface area contributed by atoms with E-state index in [4.69, 9.17) is 22.1 Å². The van der Waals surface area contributed by atoms with Gasteiger partial charge < -0.3 is 20.3 Å². The molecule has 37 heavy (non-hydrogen) atoms. The van der Waals surface area contributed by atoms with Crippen molar-refractivity contribution >= 4 is 62.5 Å². The number of benzene rings is 1. The first-order valence-electron chi connectivity index (χ1n) is 11.4. The number of halogens is 1. The van der Waals surface area contributed by atoms with Crippen molar-refractivity contribution in [2.45, 2.75) is 24.9 Å². The number of thiol groups is 1. The molecule has 3 aromatic rings. The normalized spacial score (nSPS) is 16.3. The number of methoxy groups -OCH3 is 1. The Morgan fingerprint density at radius 2 is 2.03 bits per heavy atom. The zero-order chi connectivity index (χ0) is 26.9. The van der Waals surface area contributed by atoms with E-state index < -0.39 is 34.9 Å². The van der Waals surface area contributed by atoms with E-state index in [0.29, 0.717) is 27.6 Å². The quantitative estimate of drug-likeness (QED) is 0.319. The Morgan fingerprint density at radius 3 is 2.65 bits per heavy atom. The molecule has 1 amide bonds. The molecule has 13 heteroatoms. The first-order valence-corrected chi connectivity index (χ1v) is 12.9. The molecule has 0 spiro atoms. The van der Waals surface area contributed by atoms with Crippen molar-refractivity contribution in [1.29, 1.82) is 0 Å². The van der Waals surface area contributed by atoms with Crippen LogP contribution in [0.5, 0.6) is 0 Å². The Morgan fingerprint density at radius 1 is 1.27 bits per heavy atom. The van der Waals surface area contributed by atoms with Crippen molar-refractivity contribution in [3.8, 4) is 0 Å². The first kappa shape index (κ1) is 26.4. The zero-order valence-electron chi connectivity index (χ0n) is 20.5.